The Morgan fingerprint density at radius 3 is 2.59 bits per heavy atom. The predicted octanol–water partition coefficient (Wildman–Crippen LogP) is 3.34. The molecule has 154 valence electrons. The Hall–Kier alpha value is -2.76. The van der Waals surface area contributed by atoms with Crippen LogP contribution in [0.5, 0.6) is 0 Å². The van der Waals surface area contributed by atoms with Gasteiger partial charge in [0.1, 0.15) is 11.8 Å². The molecule has 29 heavy (non-hydrogen) atoms. The minimum absolute atomic E-state index is 0.113. The summed E-state index contributed by atoms with van der Waals surface area (Å²) in [4.78, 5) is 27.1. The summed E-state index contributed by atoms with van der Waals surface area (Å²) >= 11 is 0. The summed E-state index contributed by atoms with van der Waals surface area (Å²) < 4.78 is 5.66. The summed E-state index contributed by atoms with van der Waals surface area (Å²) in [6, 6.07) is 12.0. The SMILES string of the molecule is O=C(NC[C@@H](c1ccco1)N1CCc2ccccc21)C(=O)NC1CCCCCC1. The third-order valence-electron chi connectivity index (χ3n) is 6.02. The lowest BCUT2D eigenvalue weighted by molar-refractivity contribution is -0.139. The van der Waals surface area contributed by atoms with Crippen LogP contribution in [0.1, 0.15) is 55.9 Å². The number of nitrogens with one attached hydrogen (secondary N) is 2. The number of anilines is 1. The van der Waals surface area contributed by atoms with E-state index in [0.717, 1.165) is 50.1 Å². The van der Waals surface area contributed by atoms with Crippen LogP contribution in [0.3, 0.4) is 0 Å². The topological polar surface area (TPSA) is 74.6 Å². The Bertz CT molecular complexity index is 826. The van der Waals surface area contributed by atoms with Gasteiger partial charge in [0.05, 0.1) is 6.26 Å². The van der Waals surface area contributed by atoms with Gasteiger partial charge in [-0.25, -0.2) is 0 Å². The van der Waals surface area contributed by atoms with E-state index in [2.05, 4.69) is 27.7 Å². The van der Waals surface area contributed by atoms with E-state index in [-0.39, 0.29) is 12.1 Å². The third-order valence-corrected chi connectivity index (χ3v) is 6.02. The minimum atomic E-state index is -0.571. The third kappa shape index (κ3) is 4.63. The number of hydrogen-bond acceptors (Lipinski definition) is 4. The van der Waals surface area contributed by atoms with Crippen molar-refractivity contribution in [3.8, 4) is 0 Å². The van der Waals surface area contributed by atoms with Crippen molar-refractivity contribution in [2.75, 3.05) is 18.0 Å². The van der Waals surface area contributed by atoms with Gasteiger partial charge in [0.25, 0.3) is 0 Å². The molecule has 1 saturated carbocycles. The van der Waals surface area contributed by atoms with Crippen molar-refractivity contribution in [1.29, 1.82) is 0 Å². The predicted molar refractivity (Wildman–Crippen MR) is 112 cm³/mol. The molecular weight excluding hydrogens is 366 g/mol. The average molecular weight is 396 g/mol. The zero-order valence-electron chi connectivity index (χ0n) is 16.7. The second-order valence-electron chi connectivity index (χ2n) is 7.98. The van der Waals surface area contributed by atoms with E-state index in [9.17, 15) is 9.59 Å². The van der Waals surface area contributed by atoms with Gasteiger partial charge in [-0.1, -0.05) is 43.9 Å². The lowest BCUT2D eigenvalue weighted by atomic mass is 10.1. The second kappa shape index (κ2) is 9.16. The Labute approximate surface area is 171 Å². The van der Waals surface area contributed by atoms with Gasteiger partial charge in [0, 0.05) is 24.8 Å². The number of amides is 2. The van der Waals surface area contributed by atoms with Crippen LogP contribution >= 0.6 is 0 Å². The van der Waals surface area contributed by atoms with Crippen LogP contribution in [0.2, 0.25) is 0 Å². The molecule has 2 heterocycles. The summed E-state index contributed by atoms with van der Waals surface area (Å²) in [6.45, 7) is 1.17. The molecular formula is C23H29N3O3. The number of carbonyl (C=O) groups is 2. The lowest BCUT2D eigenvalue weighted by Crippen LogP contribution is -2.46. The molecule has 6 heteroatoms. The molecule has 0 spiro atoms. The van der Waals surface area contributed by atoms with Crippen LogP contribution < -0.4 is 15.5 Å². The first-order valence-corrected chi connectivity index (χ1v) is 10.7. The number of rotatable bonds is 5. The van der Waals surface area contributed by atoms with E-state index < -0.39 is 11.8 Å². The average Bonchev–Trinajstić information content (AvgIpc) is 3.34. The smallest absolute Gasteiger partial charge is 0.309 e. The first-order chi connectivity index (χ1) is 14.2. The van der Waals surface area contributed by atoms with Crippen LogP contribution in [0.25, 0.3) is 0 Å². The van der Waals surface area contributed by atoms with Crippen LogP contribution in [0.4, 0.5) is 5.69 Å². The molecule has 0 saturated heterocycles. The number of fused-ring (bicyclic) bond motifs is 1. The Kier molecular flexibility index (Phi) is 6.17. The summed E-state index contributed by atoms with van der Waals surface area (Å²) in [5.74, 6) is -0.318. The van der Waals surface area contributed by atoms with E-state index >= 15 is 0 Å². The standard InChI is InChI=1S/C23H29N3O3/c27-22(23(28)25-18-9-3-1-2-4-10-18)24-16-20(21-12-7-15-29-21)26-14-13-17-8-5-6-11-19(17)26/h5-8,11-12,15,18,20H,1-4,9-10,13-14,16H2,(H,24,27)(H,25,28)/t20-/m0/s1. The van der Waals surface area contributed by atoms with Crippen LogP contribution in [0, 0.1) is 0 Å². The van der Waals surface area contributed by atoms with E-state index in [1.807, 2.05) is 24.3 Å². The zero-order chi connectivity index (χ0) is 20.1. The van der Waals surface area contributed by atoms with Crippen LogP contribution in [-0.4, -0.2) is 30.9 Å². The van der Waals surface area contributed by atoms with Crippen molar-refractivity contribution < 1.29 is 14.0 Å². The first-order valence-electron chi connectivity index (χ1n) is 10.7. The van der Waals surface area contributed by atoms with Crippen molar-refractivity contribution in [2.45, 2.75) is 57.0 Å². The molecule has 0 radical (unpaired) electrons. The number of nitrogens with zero attached hydrogens (tertiary/aromatic N) is 1. The molecule has 1 aliphatic carbocycles. The summed E-state index contributed by atoms with van der Waals surface area (Å²) in [5.41, 5.74) is 2.45. The lowest BCUT2D eigenvalue weighted by Gasteiger charge is -2.29. The van der Waals surface area contributed by atoms with E-state index in [1.54, 1.807) is 6.26 Å². The fraction of sp³-hybridized carbons (Fsp3) is 0.478. The normalized spacial score (nSPS) is 18.0. The van der Waals surface area contributed by atoms with Gasteiger partial charge >= 0.3 is 11.8 Å². The fourth-order valence-corrected chi connectivity index (χ4v) is 4.48. The van der Waals surface area contributed by atoms with Gasteiger partial charge in [0.15, 0.2) is 0 Å². The van der Waals surface area contributed by atoms with Crippen molar-refractivity contribution in [2.24, 2.45) is 0 Å². The summed E-state index contributed by atoms with van der Waals surface area (Å²) in [7, 11) is 0. The van der Waals surface area contributed by atoms with Gasteiger partial charge in [-0.3, -0.25) is 9.59 Å². The highest BCUT2D eigenvalue weighted by molar-refractivity contribution is 6.35. The molecule has 1 aromatic carbocycles. The maximum Gasteiger partial charge on any atom is 0.309 e. The maximum atomic E-state index is 12.5. The Balaban J connectivity index is 1.40. The molecule has 0 bridgehead atoms. The van der Waals surface area contributed by atoms with Crippen molar-refractivity contribution in [1.82, 2.24) is 10.6 Å². The molecule has 0 unspecified atom stereocenters. The number of hydrogen-bond donors (Lipinski definition) is 2. The highest BCUT2D eigenvalue weighted by Crippen LogP contribution is 2.34. The number of carbonyl (C=O) groups excluding carboxylic acids is 2. The molecule has 6 nitrogen and oxygen atoms in total. The van der Waals surface area contributed by atoms with E-state index in [0.29, 0.717) is 6.54 Å². The number of para-hydroxylation sites is 1. The van der Waals surface area contributed by atoms with Gasteiger partial charge in [-0.15, -0.1) is 0 Å². The van der Waals surface area contributed by atoms with Crippen LogP contribution in [0.15, 0.2) is 47.1 Å². The van der Waals surface area contributed by atoms with Crippen molar-refractivity contribution in [3.63, 3.8) is 0 Å². The van der Waals surface area contributed by atoms with Gasteiger partial charge in [0.2, 0.25) is 0 Å². The summed E-state index contributed by atoms with van der Waals surface area (Å²) in [6.07, 6.45) is 9.16. The fourth-order valence-electron chi connectivity index (χ4n) is 4.48. The highest BCUT2D eigenvalue weighted by Gasteiger charge is 2.30. The van der Waals surface area contributed by atoms with E-state index in [4.69, 9.17) is 4.42 Å². The second-order valence-corrected chi connectivity index (χ2v) is 7.98. The molecule has 2 N–H and O–H groups in total. The van der Waals surface area contributed by atoms with E-state index in [1.165, 1.54) is 18.4 Å². The summed E-state index contributed by atoms with van der Waals surface area (Å²) in [5, 5.41) is 5.75. The number of furan rings is 1. The van der Waals surface area contributed by atoms with Crippen LogP contribution in [-0.2, 0) is 16.0 Å². The molecule has 2 aromatic rings. The molecule has 4 rings (SSSR count). The van der Waals surface area contributed by atoms with Gasteiger partial charge in [-0.2, -0.15) is 0 Å². The highest BCUT2D eigenvalue weighted by atomic mass is 16.3. The molecule has 1 atom stereocenters. The largest absolute Gasteiger partial charge is 0.467 e. The molecule has 1 fully saturated rings. The van der Waals surface area contributed by atoms with Gasteiger partial charge < -0.3 is 20.0 Å². The molecule has 2 aliphatic rings. The van der Waals surface area contributed by atoms with Gasteiger partial charge in [-0.05, 0) is 43.0 Å². The molecule has 1 aromatic heterocycles. The quantitative estimate of drug-likeness (QED) is 0.602. The monoisotopic (exact) mass is 395 g/mol. The Morgan fingerprint density at radius 1 is 1.03 bits per heavy atom. The van der Waals surface area contributed by atoms with Crippen molar-refractivity contribution in [3.05, 3.63) is 54.0 Å². The first kappa shape index (κ1) is 19.6. The molecule has 2 amide bonds. The Morgan fingerprint density at radius 2 is 1.83 bits per heavy atom. The maximum absolute atomic E-state index is 12.5. The zero-order valence-corrected chi connectivity index (χ0v) is 16.7. The minimum Gasteiger partial charge on any atom is -0.467 e. The molecule has 1 aliphatic heterocycles. The number of benzene rings is 1. The van der Waals surface area contributed by atoms with Crippen molar-refractivity contribution >= 4 is 17.5 Å².